The van der Waals surface area contributed by atoms with Crippen LogP contribution in [0.25, 0.3) is 0 Å². The summed E-state index contributed by atoms with van der Waals surface area (Å²) in [6.07, 6.45) is 0. The van der Waals surface area contributed by atoms with Crippen LogP contribution in [0.2, 0.25) is 0 Å². The number of benzene rings is 1. The zero-order valence-electron chi connectivity index (χ0n) is 6.29. The van der Waals surface area contributed by atoms with Gasteiger partial charge in [-0.15, -0.1) is 0 Å². The molecule has 4 heteroatoms. The van der Waals surface area contributed by atoms with Crippen LogP contribution in [-0.4, -0.2) is 15.3 Å². The van der Waals surface area contributed by atoms with Gasteiger partial charge in [0, 0.05) is 5.56 Å². The fourth-order valence-corrected chi connectivity index (χ4v) is 1.48. The number of aliphatic hydroxyl groups excluding tert-OH is 2. The van der Waals surface area contributed by atoms with Crippen LogP contribution in [0.4, 0.5) is 0 Å². The van der Waals surface area contributed by atoms with Crippen molar-refractivity contribution in [3.8, 4) is 5.75 Å². The highest BCUT2D eigenvalue weighted by atomic mass is 79.9. The second-order valence-corrected chi connectivity index (χ2v) is 3.26. The van der Waals surface area contributed by atoms with E-state index in [0.717, 1.165) is 0 Å². The van der Waals surface area contributed by atoms with Crippen LogP contribution >= 0.6 is 15.9 Å². The van der Waals surface area contributed by atoms with Crippen LogP contribution < -0.4 is 0 Å². The molecule has 0 aliphatic carbocycles. The van der Waals surface area contributed by atoms with E-state index in [1.54, 1.807) is 12.1 Å². The second kappa shape index (κ2) is 3.89. The summed E-state index contributed by atoms with van der Waals surface area (Å²) in [5.41, 5.74) is 1.07. The van der Waals surface area contributed by atoms with Crippen LogP contribution in [0, 0.1) is 0 Å². The van der Waals surface area contributed by atoms with Crippen molar-refractivity contribution >= 4 is 15.9 Å². The lowest BCUT2D eigenvalue weighted by Gasteiger charge is -2.05. The third-order valence-electron chi connectivity index (χ3n) is 1.56. The molecule has 66 valence electrons. The van der Waals surface area contributed by atoms with Gasteiger partial charge in [0.25, 0.3) is 0 Å². The molecule has 0 amide bonds. The summed E-state index contributed by atoms with van der Waals surface area (Å²) >= 11 is 3.11. The largest absolute Gasteiger partial charge is 0.506 e. The molecule has 1 rings (SSSR count). The molecule has 3 N–H and O–H groups in total. The van der Waals surface area contributed by atoms with Crippen molar-refractivity contribution in [2.45, 2.75) is 13.2 Å². The van der Waals surface area contributed by atoms with Crippen LogP contribution in [0.15, 0.2) is 16.6 Å². The van der Waals surface area contributed by atoms with E-state index in [1.165, 1.54) is 0 Å². The maximum absolute atomic E-state index is 9.33. The molecule has 0 bridgehead atoms. The number of aromatic hydroxyl groups is 1. The Bertz CT molecular complexity index is 286. The Hall–Kier alpha value is -0.580. The van der Waals surface area contributed by atoms with Gasteiger partial charge < -0.3 is 15.3 Å². The number of aliphatic hydroxyl groups is 2. The Kier molecular flexibility index (Phi) is 3.08. The van der Waals surface area contributed by atoms with Gasteiger partial charge in [0.2, 0.25) is 0 Å². The molecule has 1 aromatic rings. The normalized spacial score (nSPS) is 10.2. The summed E-state index contributed by atoms with van der Waals surface area (Å²) in [6.45, 7) is -0.343. The number of phenols is 1. The minimum absolute atomic E-state index is 0.0229. The Balaban J connectivity index is 3.19. The number of halogens is 1. The maximum atomic E-state index is 9.33. The molecule has 0 fully saturated rings. The first-order chi connectivity index (χ1) is 5.69. The Morgan fingerprint density at radius 2 is 1.83 bits per heavy atom. The Morgan fingerprint density at radius 1 is 1.17 bits per heavy atom. The van der Waals surface area contributed by atoms with E-state index in [-0.39, 0.29) is 19.0 Å². The van der Waals surface area contributed by atoms with E-state index in [0.29, 0.717) is 15.6 Å². The monoisotopic (exact) mass is 232 g/mol. The molecule has 0 aliphatic heterocycles. The molecule has 0 unspecified atom stereocenters. The quantitative estimate of drug-likeness (QED) is 0.717. The van der Waals surface area contributed by atoms with E-state index in [1.807, 2.05) is 0 Å². The SMILES string of the molecule is OCc1cc(Br)c(O)c(CO)c1. The summed E-state index contributed by atoms with van der Waals surface area (Å²) < 4.78 is 0.484. The fourth-order valence-electron chi connectivity index (χ4n) is 0.930. The number of hydrogen-bond acceptors (Lipinski definition) is 3. The highest BCUT2D eigenvalue weighted by molar-refractivity contribution is 9.10. The third kappa shape index (κ3) is 1.77. The molecule has 0 heterocycles. The second-order valence-electron chi connectivity index (χ2n) is 2.40. The highest BCUT2D eigenvalue weighted by Gasteiger charge is 2.06. The summed E-state index contributed by atoms with van der Waals surface area (Å²) in [5, 5.41) is 26.9. The molecule has 0 saturated heterocycles. The molecule has 0 radical (unpaired) electrons. The first-order valence-electron chi connectivity index (χ1n) is 3.41. The van der Waals surface area contributed by atoms with Gasteiger partial charge in [-0.05, 0) is 33.6 Å². The Labute approximate surface area is 78.4 Å². The number of hydrogen-bond donors (Lipinski definition) is 3. The van der Waals surface area contributed by atoms with Gasteiger partial charge >= 0.3 is 0 Å². The minimum Gasteiger partial charge on any atom is -0.506 e. The summed E-state index contributed by atoms with van der Waals surface area (Å²) in [6, 6.07) is 3.16. The van der Waals surface area contributed by atoms with E-state index >= 15 is 0 Å². The summed E-state index contributed by atoms with van der Waals surface area (Å²) in [4.78, 5) is 0. The van der Waals surface area contributed by atoms with Gasteiger partial charge in [-0.25, -0.2) is 0 Å². The smallest absolute Gasteiger partial charge is 0.135 e. The summed E-state index contributed by atoms with van der Waals surface area (Å²) in [7, 11) is 0. The van der Waals surface area contributed by atoms with Crippen LogP contribution in [0.5, 0.6) is 5.75 Å². The van der Waals surface area contributed by atoms with Crippen LogP contribution in [0.1, 0.15) is 11.1 Å². The molecule has 0 aromatic heterocycles. The van der Waals surface area contributed by atoms with E-state index < -0.39 is 0 Å². The molecule has 0 spiro atoms. The van der Waals surface area contributed by atoms with Gasteiger partial charge in [-0.1, -0.05) is 0 Å². The van der Waals surface area contributed by atoms with E-state index in [2.05, 4.69) is 15.9 Å². The van der Waals surface area contributed by atoms with Crippen molar-refractivity contribution < 1.29 is 15.3 Å². The number of rotatable bonds is 2. The first kappa shape index (κ1) is 9.51. The standard InChI is InChI=1S/C8H9BrO3/c9-7-2-5(3-10)1-6(4-11)8(7)12/h1-2,10-12H,3-4H2. The first-order valence-corrected chi connectivity index (χ1v) is 4.20. The van der Waals surface area contributed by atoms with Crippen molar-refractivity contribution in [2.75, 3.05) is 0 Å². The zero-order chi connectivity index (χ0) is 9.14. The highest BCUT2D eigenvalue weighted by Crippen LogP contribution is 2.29. The van der Waals surface area contributed by atoms with Crippen LogP contribution in [0.3, 0.4) is 0 Å². The fraction of sp³-hybridized carbons (Fsp3) is 0.250. The molecular weight excluding hydrogens is 224 g/mol. The summed E-state index contributed by atoms with van der Waals surface area (Å²) in [5.74, 6) is 0.0229. The molecule has 0 saturated carbocycles. The maximum Gasteiger partial charge on any atom is 0.135 e. The predicted molar refractivity (Wildman–Crippen MR) is 47.7 cm³/mol. The van der Waals surface area contributed by atoms with E-state index in [4.69, 9.17) is 10.2 Å². The van der Waals surface area contributed by atoms with Gasteiger partial charge in [-0.2, -0.15) is 0 Å². The lowest BCUT2D eigenvalue weighted by molar-refractivity contribution is 0.270. The van der Waals surface area contributed by atoms with Crippen molar-refractivity contribution in [1.82, 2.24) is 0 Å². The predicted octanol–water partition coefficient (Wildman–Crippen LogP) is 1.14. The average Bonchev–Trinajstić information content (AvgIpc) is 2.09. The van der Waals surface area contributed by atoms with Crippen molar-refractivity contribution in [3.63, 3.8) is 0 Å². The van der Waals surface area contributed by atoms with E-state index in [9.17, 15) is 5.11 Å². The lowest BCUT2D eigenvalue weighted by atomic mass is 10.1. The molecule has 1 aromatic carbocycles. The molecule has 0 atom stereocenters. The average molecular weight is 233 g/mol. The van der Waals surface area contributed by atoms with Gasteiger partial charge in [0.05, 0.1) is 17.7 Å². The van der Waals surface area contributed by atoms with Gasteiger partial charge in [-0.3, -0.25) is 0 Å². The van der Waals surface area contributed by atoms with Crippen molar-refractivity contribution in [3.05, 3.63) is 27.7 Å². The van der Waals surface area contributed by atoms with Crippen molar-refractivity contribution in [1.29, 1.82) is 0 Å². The minimum atomic E-state index is -0.238. The van der Waals surface area contributed by atoms with Gasteiger partial charge in [0.15, 0.2) is 0 Å². The van der Waals surface area contributed by atoms with Crippen LogP contribution in [-0.2, 0) is 13.2 Å². The zero-order valence-corrected chi connectivity index (χ0v) is 7.87. The molecule has 0 aliphatic rings. The molecule has 3 nitrogen and oxygen atoms in total. The Morgan fingerprint density at radius 3 is 2.33 bits per heavy atom. The lowest BCUT2D eigenvalue weighted by Crippen LogP contribution is -1.90. The topological polar surface area (TPSA) is 60.7 Å². The van der Waals surface area contributed by atoms with Crippen molar-refractivity contribution in [2.24, 2.45) is 0 Å². The van der Waals surface area contributed by atoms with Gasteiger partial charge in [0.1, 0.15) is 5.75 Å². The third-order valence-corrected chi connectivity index (χ3v) is 2.16. The molecular formula is C8H9BrO3. The molecule has 12 heavy (non-hydrogen) atoms.